The molecule has 0 aliphatic rings. The highest BCUT2D eigenvalue weighted by Gasteiger charge is 2.18. The minimum absolute atomic E-state index is 0.0917. The molecular formula is C28H22N4O3. The fourth-order valence-corrected chi connectivity index (χ4v) is 3.71. The molecule has 0 saturated carbocycles. The Hall–Kier alpha value is -4.78. The van der Waals surface area contributed by atoms with Gasteiger partial charge in [-0.1, -0.05) is 84.9 Å². The molecule has 2 aromatic heterocycles. The summed E-state index contributed by atoms with van der Waals surface area (Å²) >= 11 is 0. The van der Waals surface area contributed by atoms with Gasteiger partial charge in [0.2, 0.25) is 5.91 Å². The van der Waals surface area contributed by atoms with Gasteiger partial charge in [0, 0.05) is 29.4 Å². The van der Waals surface area contributed by atoms with Crippen LogP contribution in [0, 0.1) is 0 Å². The van der Waals surface area contributed by atoms with Crippen molar-refractivity contribution in [2.75, 3.05) is 0 Å². The molecule has 172 valence electrons. The van der Waals surface area contributed by atoms with E-state index in [1.807, 2.05) is 91.0 Å². The van der Waals surface area contributed by atoms with Crippen molar-refractivity contribution >= 4 is 22.7 Å². The number of hydrogen-bond donors (Lipinski definition) is 2. The lowest BCUT2D eigenvalue weighted by Crippen LogP contribution is -2.42. The van der Waals surface area contributed by atoms with Gasteiger partial charge in [-0.2, -0.15) is 0 Å². The summed E-state index contributed by atoms with van der Waals surface area (Å²) in [5.74, 6) is 0.251. The van der Waals surface area contributed by atoms with Crippen LogP contribution >= 0.6 is 0 Å². The number of rotatable bonds is 6. The maximum absolute atomic E-state index is 12.4. The third-order valence-corrected chi connectivity index (χ3v) is 5.47. The summed E-state index contributed by atoms with van der Waals surface area (Å²) < 4.78 is 6.05. The summed E-state index contributed by atoms with van der Waals surface area (Å²) in [6, 6.07) is 30.4. The van der Waals surface area contributed by atoms with Crippen LogP contribution in [0.25, 0.3) is 33.5 Å². The van der Waals surface area contributed by atoms with Crippen LogP contribution < -0.4 is 10.9 Å². The van der Waals surface area contributed by atoms with Crippen molar-refractivity contribution in [3.05, 3.63) is 109 Å². The highest BCUT2D eigenvalue weighted by atomic mass is 16.4. The number of aryl methyl sites for hydroxylation is 1. The van der Waals surface area contributed by atoms with Gasteiger partial charge in [-0.15, -0.1) is 0 Å². The average Bonchev–Trinajstić information content (AvgIpc) is 3.35. The number of hydrogen-bond acceptors (Lipinski definition) is 5. The van der Waals surface area contributed by atoms with Gasteiger partial charge in [-0.25, -0.2) is 9.97 Å². The topological polar surface area (TPSA) is 97.1 Å². The predicted octanol–water partition coefficient (Wildman–Crippen LogP) is 4.95. The molecule has 7 heteroatoms. The van der Waals surface area contributed by atoms with Gasteiger partial charge in [0.25, 0.3) is 5.91 Å². The number of nitrogens with one attached hydrogen (secondary N) is 2. The Labute approximate surface area is 201 Å². The molecule has 35 heavy (non-hydrogen) atoms. The molecule has 3 aromatic carbocycles. The number of hydrazine groups is 1. The first-order chi connectivity index (χ1) is 17.2. The second kappa shape index (κ2) is 10.0. The van der Waals surface area contributed by atoms with E-state index in [2.05, 4.69) is 20.8 Å². The number of para-hydroxylation sites is 1. The molecular weight excluding hydrogens is 440 g/mol. The van der Waals surface area contributed by atoms with E-state index in [1.165, 1.54) is 0 Å². The zero-order chi connectivity index (χ0) is 24.0. The zero-order valence-corrected chi connectivity index (χ0v) is 18.8. The summed E-state index contributed by atoms with van der Waals surface area (Å²) in [6.07, 6.45) is 0.372. The summed E-state index contributed by atoms with van der Waals surface area (Å²) in [6.45, 7) is 0. The Balaban J connectivity index is 1.24. The molecule has 0 saturated heterocycles. The monoisotopic (exact) mass is 462 g/mol. The van der Waals surface area contributed by atoms with E-state index >= 15 is 0 Å². The molecule has 2 heterocycles. The van der Waals surface area contributed by atoms with Crippen molar-refractivity contribution in [2.24, 2.45) is 0 Å². The second-order valence-corrected chi connectivity index (χ2v) is 7.91. The van der Waals surface area contributed by atoms with Gasteiger partial charge in [0.05, 0.1) is 5.52 Å². The lowest BCUT2D eigenvalue weighted by molar-refractivity contribution is -0.121. The Morgan fingerprint density at radius 2 is 1.40 bits per heavy atom. The van der Waals surface area contributed by atoms with Gasteiger partial charge >= 0.3 is 0 Å². The fourth-order valence-electron chi connectivity index (χ4n) is 3.71. The lowest BCUT2D eigenvalue weighted by atomic mass is 10.1. The smallest absolute Gasteiger partial charge is 0.288 e. The molecule has 2 N–H and O–H groups in total. The van der Waals surface area contributed by atoms with E-state index in [4.69, 9.17) is 4.42 Å². The molecule has 0 atom stereocenters. The number of fused-ring (bicyclic) bond motifs is 1. The van der Waals surface area contributed by atoms with Crippen LogP contribution in [0.4, 0.5) is 0 Å². The Morgan fingerprint density at radius 3 is 2.17 bits per heavy atom. The van der Waals surface area contributed by atoms with Crippen molar-refractivity contribution in [3.8, 4) is 22.6 Å². The van der Waals surface area contributed by atoms with E-state index in [0.29, 0.717) is 17.2 Å². The molecule has 0 fully saturated rings. The molecule has 5 aromatic rings. The maximum Gasteiger partial charge on any atom is 0.288 e. The number of pyridine rings is 1. The Morgan fingerprint density at radius 1 is 0.714 bits per heavy atom. The number of carbonyl (C=O) groups excluding carboxylic acids is 2. The van der Waals surface area contributed by atoms with Crippen molar-refractivity contribution in [1.29, 1.82) is 0 Å². The van der Waals surface area contributed by atoms with Crippen LogP contribution in [0.5, 0.6) is 0 Å². The molecule has 5 rings (SSSR count). The van der Waals surface area contributed by atoms with Crippen LogP contribution in [-0.2, 0) is 11.2 Å². The summed E-state index contributed by atoms with van der Waals surface area (Å²) in [5.41, 5.74) is 8.34. The number of benzene rings is 3. The van der Waals surface area contributed by atoms with Gasteiger partial charge in [-0.05, 0) is 12.1 Å². The van der Waals surface area contributed by atoms with Crippen LogP contribution in [0.3, 0.4) is 0 Å². The van der Waals surface area contributed by atoms with Crippen molar-refractivity contribution in [2.45, 2.75) is 12.8 Å². The SMILES string of the molecule is O=C(CCc1nc(-c2ccccc2)c(-c2ccccc2)o1)NNC(=O)c1ccc2ccccc2n1. The van der Waals surface area contributed by atoms with Crippen LogP contribution in [-0.4, -0.2) is 21.8 Å². The molecule has 0 unspecified atom stereocenters. The van der Waals surface area contributed by atoms with E-state index in [1.54, 1.807) is 6.07 Å². The Bertz CT molecular complexity index is 1420. The fraction of sp³-hybridized carbons (Fsp3) is 0.0714. The number of nitrogens with zero attached hydrogens (tertiary/aromatic N) is 2. The molecule has 0 aliphatic heterocycles. The standard InChI is InChI=1S/C28H22N4O3/c33-24(31-32-28(34)23-16-15-19-9-7-8-14-22(19)29-23)17-18-25-30-26(20-10-3-1-4-11-20)27(35-25)21-12-5-2-6-13-21/h1-16H,17-18H2,(H,31,33)(H,32,34). The quantitative estimate of drug-likeness (QED) is 0.348. The number of aromatic nitrogens is 2. The average molecular weight is 463 g/mol. The van der Waals surface area contributed by atoms with Gasteiger partial charge in [0.1, 0.15) is 11.4 Å². The van der Waals surface area contributed by atoms with E-state index < -0.39 is 5.91 Å². The zero-order valence-electron chi connectivity index (χ0n) is 18.8. The minimum Gasteiger partial charge on any atom is -0.440 e. The Kier molecular flexibility index (Phi) is 6.30. The van der Waals surface area contributed by atoms with E-state index in [9.17, 15) is 9.59 Å². The summed E-state index contributed by atoms with van der Waals surface area (Å²) in [5, 5.41) is 0.934. The summed E-state index contributed by atoms with van der Waals surface area (Å²) in [7, 11) is 0. The van der Waals surface area contributed by atoms with Crippen LogP contribution in [0.1, 0.15) is 22.8 Å². The minimum atomic E-state index is -0.488. The van der Waals surface area contributed by atoms with Crippen molar-refractivity contribution in [3.63, 3.8) is 0 Å². The lowest BCUT2D eigenvalue weighted by Gasteiger charge is -2.07. The predicted molar refractivity (Wildman–Crippen MR) is 133 cm³/mol. The van der Waals surface area contributed by atoms with E-state index in [0.717, 1.165) is 22.2 Å². The van der Waals surface area contributed by atoms with Gasteiger partial charge in [-0.3, -0.25) is 20.4 Å². The van der Waals surface area contributed by atoms with Gasteiger partial charge < -0.3 is 4.42 Å². The number of oxazole rings is 1. The van der Waals surface area contributed by atoms with Crippen LogP contribution in [0.2, 0.25) is 0 Å². The van der Waals surface area contributed by atoms with Crippen molar-refractivity contribution in [1.82, 2.24) is 20.8 Å². The molecule has 0 aliphatic carbocycles. The van der Waals surface area contributed by atoms with Crippen molar-refractivity contribution < 1.29 is 14.0 Å². The first kappa shape index (κ1) is 22.0. The van der Waals surface area contributed by atoms with E-state index in [-0.39, 0.29) is 24.4 Å². The first-order valence-electron chi connectivity index (χ1n) is 11.2. The second-order valence-electron chi connectivity index (χ2n) is 7.91. The number of carbonyl (C=O) groups is 2. The van der Waals surface area contributed by atoms with Crippen LogP contribution in [0.15, 0.2) is 101 Å². The first-order valence-corrected chi connectivity index (χ1v) is 11.2. The third-order valence-electron chi connectivity index (χ3n) is 5.47. The largest absolute Gasteiger partial charge is 0.440 e. The molecule has 0 spiro atoms. The molecule has 2 amide bonds. The highest BCUT2D eigenvalue weighted by Crippen LogP contribution is 2.32. The molecule has 0 bridgehead atoms. The summed E-state index contributed by atoms with van der Waals surface area (Å²) in [4.78, 5) is 33.8. The molecule has 0 radical (unpaired) electrons. The number of amides is 2. The van der Waals surface area contributed by atoms with Gasteiger partial charge in [0.15, 0.2) is 11.7 Å². The molecule has 7 nitrogen and oxygen atoms in total. The normalized spacial score (nSPS) is 10.7. The highest BCUT2D eigenvalue weighted by molar-refractivity contribution is 5.95. The maximum atomic E-state index is 12.4. The third kappa shape index (κ3) is 5.09.